The van der Waals surface area contributed by atoms with Crippen LogP contribution in [-0.2, 0) is 24.1 Å². The van der Waals surface area contributed by atoms with Crippen LogP contribution in [0.3, 0.4) is 0 Å². The maximum absolute atomic E-state index is 12.3. The number of rotatable bonds is 5. The SMILES string of the molecule is O=C(OCCCn1cccn1)c1ccc2[nH]c3c(c2c1)CCCC3. The molecular weight excluding hydrogens is 302 g/mol. The van der Waals surface area contributed by atoms with Crippen molar-refractivity contribution < 1.29 is 9.53 Å². The third-order valence-electron chi connectivity index (χ3n) is 4.66. The number of benzene rings is 1. The highest BCUT2D eigenvalue weighted by atomic mass is 16.5. The summed E-state index contributed by atoms with van der Waals surface area (Å²) < 4.78 is 7.24. The number of aromatic nitrogens is 3. The second kappa shape index (κ2) is 6.51. The van der Waals surface area contributed by atoms with Gasteiger partial charge in [-0.3, -0.25) is 4.68 Å². The number of aromatic amines is 1. The Balaban J connectivity index is 1.42. The van der Waals surface area contributed by atoms with Crippen molar-refractivity contribution in [2.75, 3.05) is 6.61 Å². The maximum Gasteiger partial charge on any atom is 0.338 e. The van der Waals surface area contributed by atoms with E-state index in [0.29, 0.717) is 12.2 Å². The molecule has 4 rings (SSSR count). The van der Waals surface area contributed by atoms with E-state index in [1.54, 1.807) is 6.20 Å². The van der Waals surface area contributed by atoms with Crippen LogP contribution in [0.15, 0.2) is 36.7 Å². The van der Waals surface area contributed by atoms with Gasteiger partial charge < -0.3 is 9.72 Å². The van der Waals surface area contributed by atoms with Crippen molar-refractivity contribution in [3.05, 3.63) is 53.5 Å². The third kappa shape index (κ3) is 2.94. The predicted molar refractivity (Wildman–Crippen MR) is 92.1 cm³/mol. The Bertz CT molecular complexity index is 849. The zero-order chi connectivity index (χ0) is 16.4. The number of hydrogen-bond acceptors (Lipinski definition) is 3. The van der Waals surface area contributed by atoms with Gasteiger partial charge in [-0.15, -0.1) is 0 Å². The van der Waals surface area contributed by atoms with Crippen LogP contribution in [0.2, 0.25) is 0 Å². The van der Waals surface area contributed by atoms with E-state index in [9.17, 15) is 4.79 Å². The van der Waals surface area contributed by atoms with Crippen molar-refractivity contribution in [1.82, 2.24) is 14.8 Å². The Morgan fingerprint density at radius 2 is 2.21 bits per heavy atom. The first kappa shape index (κ1) is 15.0. The summed E-state index contributed by atoms with van der Waals surface area (Å²) in [5.74, 6) is -0.247. The van der Waals surface area contributed by atoms with Gasteiger partial charge in [0, 0.05) is 42.0 Å². The zero-order valence-corrected chi connectivity index (χ0v) is 13.6. The number of esters is 1. The minimum Gasteiger partial charge on any atom is -0.462 e. The molecule has 0 fully saturated rings. The lowest BCUT2D eigenvalue weighted by Crippen LogP contribution is -2.09. The summed E-state index contributed by atoms with van der Waals surface area (Å²) in [6.07, 6.45) is 9.08. The first-order chi connectivity index (χ1) is 11.8. The Kier molecular flexibility index (Phi) is 4.07. The van der Waals surface area contributed by atoms with Crippen LogP contribution in [0.4, 0.5) is 0 Å². The Labute approximate surface area is 140 Å². The number of hydrogen-bond donors (Lipinski definition) is 1. The molecule has 0 bridgehead atoms. The number of carbonyl (C=O) groups excluding carboxylic acids is 1. The molecule has 0 unspecified atom stereocenters. The fourth-order valence-electron chi connectivity index (χ4n) is 3.44. The fraction of sp³-hybridized carbons (Fsp3) is 0.368. The molecule has 5 heteroatoms. The van der Waals surface area contributed by atoms with Crippen molar-refractivity contribution in [3.63, 3.8) is 0 Å². The average molecular weight is 323 g/mol. The average Bonchev–Trinajstić information content (AvgIpc) is 3.25. The van der Waals surface area contributed by atoms with Gasteiger partial charge in [0.15, 0.2) is 0 Å². The van der Waals surface area contributed by atoms with Gasteiger partial charge in [0.25, 0.3) is 0 Å². The number of nitrogens with zero attached hydrogens (tertiary/aromatic N) is 2. The first-order valence-corrected chi connectivity index (χ1v) is 8.59. The molecule has 1 aromatic carbocycles. The molecule has 24 heavy (non-hydrogen) atoms. The minimum absolute atomic E-state index is 0.247. The summed E-state index contributed by atoms with van der Waals surface area (Å²) in [7, 11) is 0. The van der Waals surface area contributed by atoms with E-state index < -0.39 is 0 Å². The van der Waals surface area contributed by atoms with Crippen molar-refractivity contribution in [3.8, 4) is 0 Å². The van der Waals surface area contributed by atoms with E-state index in [0.717, 1.165) is 31.3 Å². The number of fused-ring (bicyclic) bond motifs is 3. The molecule has 1 N–H and O–H groups in total. The van der Waals surface area contributed by atoms with E-state index in [1.165, 1.54) is 29.5 Å². The summed E-state index contributed by atoms with van der Waals surface area (Å²) in [6, 6.07) is 7.71. The van der Waals surface area contributed by atoms with Crippen LogP contribution < -0.4 is 0 Å². The molecule has 0 radical (unpaired) electrons. The largest absolute Gasteiger partial charge is 0.462 e. The van der Waals surface area contributed by atoms with Crippen LogP contribution in [0, 0.1) is 0 Å². The van der Waals surface area contributed by atoms with Gasteiger partial charge in [-0.1, -0.05) is 0 Å². The highest BCUT2D eigenvalue weighted by Crippen LogP contribution is 2.29. The lowest BCUT2D eigenvalue weighted by molar-refractivity contribution is 0.0495. The smallest absolute Gasteiger partial charge is 0.338 e. The summed E-state index contributed by atoms with van der Waals surface area (Å²) in [5.41, 5.74) is 4.47. The van der Waals surface area contributed by atoms with E-state index in [4.69, 9.17) is 4.74 Å². The number of ether oxygens (including phenoxy) is 1. The monoisotopic (exact) mass is 323 g/mol. The van der Waals surface area contributed by atoms with Crippen LogP contribution in [-0.4, -0.2) is 27.3 Å². The van der Waals surface area contributed by atoms with Crippen LogP contribution in [0.1, 0.15) is 40.9 Å². The van der Waals surface area contributed by atoms with Crippen molar-refractivity contribution in [1.29, 1.82) is 0 Å². The fourth-order valence-corrected chi connectivity index (χ4v) is 3.44. The Hall–Kier alpha value is -2.56. The molecule has 2 heterocycles. The van der Waals surface area contributed by atoms with Crippen molar-refractivity contribution in [2.24, 2.45) is 0 Å². The summed E-state index contributed by atoms with van der Waals surface area (Å²) >= 11 is 0. The molecule has 0 saturated carbocycles. The number of nitrogens with one attached hydrogen (secondary N) is 1. The molecule has 5 nitrogen and oxygen atoms in total. The molecule has 0 saturated heterocycles. The highest BCUT2D eigenvalue weighted by molar-refractivity contribution is 5.96. The molecule has 1 aliphatic rings. The number of H-pyrrole nitrogens is 1. The van der Waals surface area contributed by atoms with Crippen molar-refractivity contribution in [2.45, 2.75) is 38.6 Å². The number of carbonyl (C=O) groups is 1. The second-order valence-corrected chi connectivity index (χ2v) is 6.31. The molecular formula is C19H21N3O2. The molecule has 1 aliphatic carbocycles. The van der Waals surface area contributed by atoms with Gasteiger partial charge >= 0.3 is 5.97 Å². The molecule has 0 atom stereocenters. The molecule has 3 aromatic rings. The Morgan fingerprint density at radius 1 is 1.29 bits per heavy atom. The van der Waals surface area contributed by atoms with Crippen LogP contribution in [0.5, 0.6) is 0 Å². The lowest BCUT2D eigenvalue weighted by atomic mass is 9.95. The van der Waals surface area contributed by atoms with Crippen LogP contribution in [0.25, 0.3) is 10.9 Å². The standard InChI is InChI=1S/C19H21N3O2/c23-19(24-12-4-11-22-10-3-9-20-22)14-7-8-18-16(13-14)15-5-1-2-6-17(15)21-18/h3,7-10,13,21H,1-2,4-6,11-12H2. The molecule has 0 spiro atoms. The lowest BCUT2D eigenvalue weighted by Gasteiger charge is -2.10. The molecule has 124 valence electrons. The van der Waals surface area contributed by atoms with Gasteiger partial charge in [0.1, 0.15) is 0 Å². The third-order valence-corrected chi connectivity index (χ3v) is 4.66. The van der Waals surface area contributed by atoms with Gasteiger partial charge in [-0.2, -0.15) is 5.10 Å². The van der Waals surface area contributed by atoms with E-state index in [2.05, 4.69) is 10.1 Å². The predicted octanol–water partition coefficient (Wildman–Crippen LogP) is 3.49. The van der Waals surface area contributed by atoms with Gasteiger partial charge in [-0.25, -0.2) is 4.79 Å². The van der Waals surface area contributed by atoms with Crippen LogP contribution >= 0.6 is 0 Å². The quantitative estimate of drug-likeness (QED) is 0.577. The van der Waals surface area contributed by atoms with E-state index in [-0.39, 0.29) is 5.97 Å². The first-order valence-electron chi connectivity index (χ1n) is 8.59. The molecule has 0 amide bonds. The van der Waals surface area contributed by atoms with Gasteiger partial charge in [0.2, 0.25) is 0 Å². The maximum atomic E-state index is 12.3. The van der Waals surface area contributed by atoms with E-state index in [1.807, 2.05) is 35.1 Å². The Morgan fingerprint density at radius 3 is 3.08 bits per heavy atom. The van der Waals surface area contributed by atoms with E-state index >= 15 is 0 Å². The topological polar surface area (TPSA) is 59.9 Å². The minimum atomic E-state index is -0.247. The van der Waals surface area contributed by atoms with Gasteiger partial charge in [0.05, 0.1) is 12.2 Å². The highest BCUT2D eigenvalue weighted by Gasteiger charge is 2.17. The summed E-state index contributed by atoms with van der Waals surface area (Å²) in [6.45, 7) is 1.16. The van der Waals surface area contributed by atoms with Gasteiger partial charge in [-0.05, 0) is 55.5 Å². The number of aryl methyl sites for hydroxylation is 3. The molecule has 0 aliphatic heterocycles. The normalized spacial score (nSPS) is 13.8. The summed E-state index contributed by atoms with van der Waals surface area (Å²) in [5, 5.41) is 5.31. The van der Waals surface area contributed by atoms with Crippen molar-refractivity contribution >= 4 is 16.9 Å². The zero-order valence-electron chi connectivity index (χ0n) is 13.6. The second-order valence-electron chi connectivity index (χ2n) is 6.31. The summed E-state index contributed by atoms with van der Waals surface area (Å²) in [4.78, 5) is 15.8. The molecule has 2 aromatic heterocycles.